The molecule has 0 aliphatic heterocycles. The largest absolute Gasteiger partial charge is 0.388 e. The summed E-state index contributed by atoms with van der Waals surface area (Å²) in [6, 6.07) is 1.43. The summed E-state index contributed by atoms with van der Waals surface area (Å²) in [5, 5.41) is 15.0. The molecule has 0 radical (unpaired) electrons. The number of rotatable bonds is 6. The van der Waals surface area contributed by atoms with E-state index < -0.39 is 0 Å². The van der Waals surface area contributed by atoms with Crippen molar-refractivity contribution in [3.63, 3.8) is 0 Å². The van der Waals surface area contributed by atoms with Gasteiger partial charge in [-0.2, -0.15) is 0 Å². The lowest BCUT2D eigenvalue weighted by Gasteiger charge is -2.08. The number of hydrogen-bond donors (Lipinski definition) is 2. The summed E-state index contributed by atoms with van der Waals surface area (Å²) < 4.78 is 6.67. The summed E-state index contributed by atoms with van der Waals surface area (Å²) in [6.07, 6.45) is 0.858. The van der Waals surface area contributed by atoms with Crippen LogP contribution in [-0.4, -0.2) is 41.0 Å². The van der Waals surface area contributed by atoms with Crippen molar-refractivity contribution >= 4 is 15.3 Å². The molecule has 0 fully saturated rings. The Morgan fingerprint density at radius 2 is 2.50 bits per heavy atom. The molecule has 6 nitrogen and oxygen atoms in total. The van der Waals surface area contributed by atoms with Gasteiger partial charge in [-0.3, -0.25) is 9.46 Å². The van der Waals surface area contributed by atoms with Crippen LogP contribution in [0.1, 0.15) is 22.7 Å². The summed E-state index contributed by atoms with van der Waals surface area (Å²) in [5.74, 6) is 0.00435. The number of aromatic nitrogens is 1. The van der Waals surface area contributed by atoms with Crippen LogP contribution in [0.5, 0.6) is 0 Å². The van der Waals surface area contributed by atoms with Crippen LogP contribution >= 0.6 is 9.39 Å². The molecule has 0 saturated heterocycles. The SMILES string of the molecule is CN(P)CCCNC(=O)c1cc(CO)on1. The predicted octanol–water partition coefficient (Wildman–Crippen LogP) is 0.00870. The number of nitrogens with zero attached hydrogens (tertiary/aromatic N) is 2. The van der Waals surface area contributed by atoms with Gasteiger partial charge in [-0.05, 0) is 13.5 Å². The second kappa shape index (κ2) is 6.58. The number of carbonyl (C=O) groups excluding carboxylic acids is 1. The van der Waals surface area contributed by atoms with Gasteiger partial charge in [-0.1, -0.05) is 14.5 Å². The molecule has 0 aliphatic carbocycles. The Hall–Kier alpha value is -0.970. The topological polar surface area (TPSA) is 78.6 Å². The number of aliphatic hydroxyl groups excluding tert-OH is 1. The van der Waals surface area contributed by atoms with Crippen LogP contribution in [0.2, 0.25) is 0 Å². The van der Waals surface area contributed by atoms with Crippen molar-refractivity contribution < 1.29 is 14.4 Å². The number of hydrogen-bond acceptors (Lipinski definition) is 5. The summed E-state index contributed by atoms with van der Waals surface area (Å²) in [5.41, 5.74) is 0.197. The van der Waals surface area contributed by atoms with Crippen LogP contribution in [0.15, 0.2) is 10.6 Å². The van der Waals surface area contributed by atoms with Crippen LogP contribution in [0, 0.1) is 0 Å². The minimum Gasteiger partial charge on any atom is -0.388 e. The number of nitrogens with one attached hydrogen (secondary N) is 1. The molecule has 0 saturated carbocycles. The van der Waals surface area contributed by atoms with Crippen molar-refractivity contribution in [3.8, 4) is 0 Å². The van der Waals surface area contributed by atoms with E-state index in [0.29, 0.717) is 6.54 Å². The van der Waals surface area contributed by atoms with Crippen molar-refractivity contribution in [1.82, 2.24) is 15.1 Å². The summed E-state index contributed by atoms with van der Waals surface area (Å²) in [7, 11) is 4.49. The predicted molar refractivity (Wildman–Crippen MR) is 61.7 cm³/mol. The van der Waals surface area contributed by atoms with E-state index in [0.717, 1.165) is 13.0 Å². The van der Waals surface area contributed by atoms with Crippen molar-refractivity contribution in [2.75, 3.05) is 20.1 Å². The zero-order valence-electron chi connectivity index (χ0n) is 9.14. The molecule has 1 unspecified atom stereocenters. The molecular weight excluding hydrogens is 229 g/mol. The first-order valence-electron chi connectivity index (χ1n) is 4.94. The minimum atomic E-state index is -0.283. The third kappa shape index (κ3) is 4.26. The molecule has 90 valence electrons. The normalized spacial score (nSPS) is 10.8. The summed E-state index contributed by atoms with van der Waals surface area (Å²) in [4.78, 5) is 11.5. The third-order valence-corrected chi connectivity index (χ3v) is 2.18. The molecule has 0 bridgehead atoms. The molecular formula is C9H16N3O3P. The fourth-order valence-electron chi connectivity index (χ4n) is 1.12. The van der Waals surface area contributed by atoms with E-state index >= 15 is 0 Å². The quantitative estimate of drug-likeness (QED) is 0.545. The van der Waals surface area contributed by atoms with E-state index in [1.54, 1.807) is 0 Å². The van der Waals surface area contributed by atoms with Gasteiger partial charge in [0.15, 0.2) is 11.5 Å². The maximum Gasteiger partial charge on any atom is 0.273 e. The highest BCUT2D eigenvalue weighted by Gasteiger charge is 2.10. The lowest BCUT2D eigenvalue weighted by Crippen LogP contribution is -2.26. The maximum absolute atomic E-state index is 11.5. The highest BCUT2D eigenvalue weighted by atomic mass is 31.0. The van der Waals surface area contributed by atoms with E-state index in [2.05, 4.69) is 19.9 Å². The van der Waals surface area contributed by atoms with Gasteiger partial charge in [-0.25, -0.2) is 0 Å². The van der Waals surface area contributed by atoms with Crippen LogP contribution in [-0.2, 0) is 6.61 Å². The lowest BCUT2D eigenvalue weighted by molar-refractivity contribution is 0.0943. The smallest absolute Gasteiger partial charge is 0.273 e. The molecule has 2 N–H and O–H groups in total. The van der Waals surface area contributed by atoms with E-state index in [-0.39, 0.29) is 24.0 Å². The number of amides is 1. The maximum atomic E-state index is 11.5. The van der Waals surface area contributed by atoms with Gasteiger partial charge >= 0.3 is 0 Å². The van der Waals surface area contributed by atoms with E-state index in [4.69, 9.17) is 9.63 Å². The molecule has 1 atom stereocenters. The minimum absolute atomic E-state index is 0.197. The van der Waals surface area contributed by atoms with Gasteiger partial charge in [0.05, 0.1) is 0 Å². The second-order valence-corrected chi connectivity index (χ2v) is 4.31. The summed E-state index contributed by atoms with van der Waals surface area (Å²) in [6.45, 7) is 1.21. The first-order chi connectivity index (χ1) is 7.63. The third-order valence-electron chi connectivity index (χ3n) is 1.92. The standard InChI is InChI=1S/C9H16N3O3P/c1-12(16)4-2-3-10-9(14)8-5-7(6-13)15-11-8/h5,13H,2-4,6,16H2,1H3,(H,10,14). The molecule has 1 heterocycles. The van der Waals surface area contributed by atoms with Crippen LogP contribution in [0.4, 0.5) is 0 Å². The Kier molecular flexibility index (Phi) is 5.38. The van der Waals surface area contributed by atoms with Crippen LogP contribution < -0.4 is 5.32 Å². The summed E-state index contributed by atoms with van der Waals surface area (Å²) >= 11 is 0. The van der Waals surface area contributed by atoms with Crippen molar-refractivity contribution in [3.05, 3.63) is 17.5 Å². The van der Waals surface area contributed by atoms with Gasteiger partial charge in [0, 0.05) is 19.2 Å². The van der Waals surface area contributed by atoms with Gasteiger partial charge in [0.25, 0.3) is 5.91 Å². The zero-order chi connectivity index (χ0) is 12.0. The molecule has 1 aromatic rings. The highest BCUT2D eigenvalue weighted by Crippen LogP contribution is 2.02. The van der Waals surface area contributed by atoms with Gasteiger partial charge in [-0.15, -0.1) is 0 Å². The van der Waals surface area contributed by atoms with E-state index in [9.17, 15) is 4.79 Å². The fraction of sp³-hybridized carbons (Fsp3) is 0.556. The van der Waals surface area contributed by atoms with Crippen molar-refractivity contribution in [1.29, 1.82) is 0 Å². The lowest BCUT2D eigenvalue weighted by atomic mass is 10.3. The fourth-order valence-corrected chi connectivity index (χ4v) is 1.30. The molecule has 1 amide bonds. The molecule has 1 aromatic heterocycles. The Bertz CT molecular complexity index is 340. The van der Waals surface area contributed by atoms with Crippen molar-refractivity contribution in [2.45, 2.75) is 13.0 Å². The first kappa shape index (κ1) is 13.1. The molecule has 0 spiro atoms. The highest BCUT2D eigenvalue weighted by molar-refractivity contribution is 7.13. The average molecular weight is 245 g/mol. The van der Waals surface area contributed by atoms with Crippen molar-refractivity contribution in [2.24, 2.45) is 0 Å². The molecule has 16 heavy (non-hydrogen) atoms. The Balaban J connectivity index is 2.29. The van der Waals surface area contributed by atoms with Crippen LogP contribution in [0.25, 0.3) is 0 Å². The van der Waals surface area contributed by atoms with E-state index in [1.165, 1.54) is 6.07 Å². The number of aliphatic hydroxyl groups is 1. The second-order valence-electron chi connectivity index (χ2n) is 3.43. The molecule has 7 heteroatoms. The Morgan fingerprint density at radius 1 is 1.75 bits per heavy atom. The molecule has 0 aliphatic rings. The van der Waals surface area contributed by atoms with Gasteiger partial charge in [0.1, 0.15) is 6.61 Å². The Labute approximate surface area is 96.2 Å². The zero-order valence-corrected chi connectivity index (χ0v) is 10.3. The van der Waals surface area contributed by atoms with Gasteiger partial charge < -0.3 is 14.9 Å². The van der Waals surface area contributed by atoms with Crippen LogP contribution in [0.3, 0.4) is 0 Å². The molecule has 1 rings (SSSR count). The average Bonchev–Trinajstić information content (AvgIpc) is 2.72. The van der Waals surface area contributed by atoms with Gasteiger partial charge in [0.2, 0.25) is 0 Å². The Morgan fingerprint density at radius 3 is 3.06 bits per heavy atom. The molecule has 0 aromatic carbocycles. The number of carbonyl (C=O) groups is 1. The van der Waals surface area contributed by atoms with E-state index in [1.807, 2.05) is 11.7 Å². The monoisotopic (exact) mass is 245 g/mol. The first-order valence-corrected chi connectivity index (χ1v) is 5.45.